The molecule has 5 heteroatoms. The van der Waals surface area contributed by atoms with E-state index in [9.17, 15) is 5.26 Å². The molecule has 0 saturated heterocycles. The summed E-state index contributed by atoms with van der Waals surface area (Å²) >= 11 is 3.47. The Labute approximate surface area is 122 Å². The first-order valence-corrected chi connectivity index (χ1v) is 6.87. The van der Waals surface area contributed by atoms with E-state index < -0.39 is 0 Å². The van der Waals surface area contributed by atoms with Crippen molar-refractivity contribution in [2.75, 3.05) is 20.8 Å². The maximum Gasteiger partial charge on any atom is 0.161 e. The van der Waals surface area contributed by atoms with Crippen molar-refractivity contribution in [2.45, 2.75) is 19.9 Å². The predicted molar refractivity (Wildman–Crippen MR) is 78.4 cm³/mol. The van der Waals surface area contributed by atoms with Gasteiger partial charge in [-0.2, -0.15) is 5.26 Å². The Kier molecular flexibility index (Phi) is 6.13. The molecule has 1 rings (SSSR count). The zero-order chi connectivity index (χ0) is 14.4. The highest BCUT2D eigenvalue weighted by Gasteiger charge is 2.17. The van der Waals surface area contributed by atoms with E-state index in [0.29, 0.717) is 17.4 Å². The summed E-state index contributed by atoms with van der Waals surface area (Å²) < 4.78 is 11.3. The maximum atomic E-state index is 9.30. The highest BCUT2D eigenvalue weighted by atomic mass is 79.9. The van der Waals surface area contributed by atoms with Gasteiger partial charge in [0.05, 0.1) is 20.3 Å². The van der Waals surface area contributed by atoms with Gasteiger partial charge in [-0.05, 0) is 24.6 Å². The van der Waals surface area contributed by atoms with Crippen LogP contribution in [0.4, 0.5) is 0 Å². The number of nitrogens with one attached hydrogen (secondary N) is 1. The van der Waals surface area contributed by atoms with Gasteiger partial charge >= 0.3 is 0 Å². The van der Waals surface area contributed by atoms with E-state index in [4.69, 9.17) is 9.47 Å². The number of methoxy groups -OCH3 is 2. The second-order valence-corrected chi connectivity index (χ2v) is 5.45. The van der Waals surface area contributed by atoms with Crippen LogP contribution in [0.15, 0.2) is 16.6 Å². The highest BCUT2D eigenvalue weighted by molar-refractivity contribution is 9.10. The Morgan fingerprint density at radius 2 is 1.84 bits per heavy atom. The standard InChI is InChI=1S/C14H19BrN2O2/c1-9(2)8-17-12(7-16)10-5-13(18-3)14(19-4)6-11(10)15/h5-6,9,12,17H,8H2,1-4H3. The Morgan fingerprint density at radius 1 is 1.26 bits per heavy atom. The van der Waals surface area contributed by atoms with Gasteiger partial charge in [-0.1, -0.05) is 29.8 Å². The Hall–Kier alpha value is -1.25. The minimum absolute atomic E-state index is 0.378. The van der Waals surface area contributed by atoms with Crippen LogP contribution in [0, 0.1) is 17.2 Å². The maximum absolute atomic E-state index is 9.30. The Morgan fingerprint density at radius 3 is 2.32 bits per heavy atom. The molecule has 0 aliphatic heterocycles. The Balaban J connectivity index is 3.07. The number of nitriles is 1. The first-order valence-electron chi connectivity index (χ1n) is 6.07. The predicted octanol–water partition coefficient (Wildman–Crippen LogP) is 3.28. The summed E-state index contributed by atoms with van der Waals surface area (Å²) in [4.78, 5) is 0. The molecule has 0 bridgehead atoms. The number of benzene rings is 1. The third kappa shape index (κ3) is 4.12. The zero-order valence-electron chi connectivity index (χ0n) is 11.7. The lowest BCUT2D eigenvalue weighted by Crippen LogP contribution is -2.24. The molecule has 0 spiro atoms. The number of halogens is 1. The minimum Gasteiger partial charge on any atom is -0.493 e. The minimum atomic E-state index is -0.378. The van der Waals surface area contributed by atoms with E-state index in [-0.39, 0.29) is 6.04 Å². The average Bonchev–Trinajstić information content (AvgIpc) is 2.40. The molecule has 0 heterocycles. The SMILES string of the molecule is COc1cc(Br)c(C(C#N)NCC(C)C)cc1OC. The van der Waals surface area contributed by atoms with Crippen molar-refractivity contribution < 1.29 is 9.47 Å². The number of nitrogens with zero attached hydrogens (tertiary/aromatic N) is 1. The van der Waals surface area contributed by atoms with Crippen molar-refractivity contribution in [2.24, 2.45) is 5.92 Å². The van der Waals surface area contributed by atoms with Crippen molar-refractivity contribution in [3.05, 3.63) is 22.2 Å². The molecule has 0 aromatic heterocycles. The average molecular weight is 327 g/mol. The van der Waals surface area contributed by atoms with Crippen LogP contribution in [0.3, 0.4) is 0 Å². The molecule has 1 aromatic rings. The van der Waals surface area contributed by atoms with Crippen molar-refractivity contribution in [1.29, 1.82) is 5.26 Å². The van der Waals surface area contributed by atoms with Crippen LogP contribution < -0.4 is 14.8 Å². The summed E-state index contributed by atoms with van der Waals surface area (Å²) in [6, 6.07) is 5.53. The number of hydrogen-bond donors (Lipinski definition) is 1. The quantitative estimate of drug-likeness (QED) is 0.871. The van der Waals surface area contributed by atoms with Crippen molar-refractivity contribution in [3.8, 4) is 17.6 Å². The van der Waals surface area contributed by atoms with Crippen LogP contribution in [0.5, 0.6) is 11.5 Å². The van der Waals surface area contributed by atoms with Crippen molar-refractivity contribution >= 4 is 15.9 Å². The molecule has 104 valence electrons. The molecule has 0 fully saturated rings. The van der Waals surface area contributed by atoms with Gasteiger partial charge in [0.2, 0.25) is 0 Å². The van der Waals surface area contributed by atoms with Crippen LogP contribution in [0.2, 0.25) is 0 Å². The van der Waals surface area contributed by atoms with E-state index in [1.807, 2.05) is 12.1 Å². The number of ether oxygens (including phenoxy) is 2. The van der Waals surface area contributed by atoms with Gasteiger partial charge in [0.15, 0.2) is 11.5 Å². The smallest absolute Gasteiger partial charge is 0.161 e. The molecule has 1 aromatic carbocycles. The van der Waals surface area contributed by atoms with Crippen molar-refractivity contribution in [3.63, 3.8) is 0 Å². The molecule has 0 aliphatic rings. The van der Waals surface area contributed by atoms with Gasteiger partial charge in [0.1, 0.15) is 6.04 Å². The molecule has 1 N–H and O–H groups in total. The molecule has 0 radical (unpaired) electrons. The topological polar surface area (TPSA) is 54.3 Å². The lowest BCUT2D eigenvalue weighted by molar-refractivity contribution is 0.354. The summed E-state index contributed by atoms with van der Waals surface area (Å²) in [7, 11) is 3.17. The molecule has 0 saturated carbocycles. The van der Waals surface area contributed by atoms with Gasteiger partial charge in [-0.3, -0.25) is 5.32 Å². The van der Waals surface area contributed by atoms with Crippen LogP contribution >= 0.6 is 15.9 Å². The second-order valence-electron chi connectivity index (χ2n) is 4.59. The summed E-state index contributed by atoms with van der Waals surface area (Å²) in [6.07, 6.45) is 0. The summed E-state index contributed by atoms with van der Waals surface area (Å²) in [5, 5.41) is 12.5. The number of rotatable bonds is 6. The van der Waals surface area contributed by atoms with Crippen LogP contribution in [-0.4, -0.2) is 20.8 Å². The van der Waals surface area contributed by atoms with E-state index in [2.05, 4.69) is 41.2 Å². The Bertz CT molecular complexity index is 469. The van der Waals surface area contributed by atoms with E-state index in [0.717, 1.165) is 16.6 Å². The monoisotopic (exact) mass is 326 g/mol. The summed E-state index contributed by atoms with van der Waals surface area (Å²) in [6.45, 7) is 4.98. The molecular formula is C14H19BrN2O2. The molecular weight excluding hydrogens is 308 g/mol. The number of hydrogen-bond acceptors (Lipinski definition) is 4. The third-order valence-corrected chi connectivity index (χ3v) is 3.36. The summed E-state index contributed by atoms with van der Waals surface area (Å²) in [5.74, 6) is 1.74. The van der Waals surface area contributed by atoms with E-state index in [1.54, 1.807) is 14.2 Å². The third-order valence-electron chi connectivity index (χ3n) is 2.67. The fraction of sp³-hybridized carbons (Fsp3) is 0.500. The molecule has 1 unspecified atom stereocenters. The first-order chi connectivity index (χ1) is 9.03. The van der Waals surface area contributed by atoms with Gasteiger partial charge in [-0.15, -0.1) is 0 Å². The van der Waals surface area contributed by atoms with Crippen LogP contribution in [0.1, 0.15) is 25.5 Å². The van der Waals surface area contributed by atoms with Crippen LogP contribution in [0.25, 0.3) is 0 Å². The van der Waals surface area contributed by atoms with E-state index in [1.165, 1.54) is 0 Å². The molecule has 0 aliphatic carbocycles. The van der Waals surface area contributed by atoms with E-state index >= 15 is 0 Å². The molecule has 19 heavy (non-hydrogen) atoms. The van der Waals surface area contributed by atoms with Gasteiger partial charge in [0.25, 0.3) is 0 Å². The van der Waals surface area contributed by atoms with Gasteiger partial charge in [0, 0.05) is 10.0 Å². The molecule has 0 amide bonds. The lowest BCUT2D eigenvalue weighted by Gasteiger charge is -2.17. The fourth-order valence-corrected chi connectivity index (χ4v) is 2.22. The second kappa shape index (κ2) is 7.37. The lowest BCUT2D eigenvalue weighted by atomic mass is 10.1. The van der Waals surface area contributed by atoms with Crippen molar-refractivity contribution in [1.82, 2.24) is 5.32 Å². The highest BCUT2D eigenvalue weighted by Crippen LogP contribution is 2.35. The largest absolute Gasteiger partial charge is 0.493 e. The fourth-order valence-electron chi connectivity index (χ4n) is 1.67. The molecule has 1 atom stereocenters. The van der Waals surface area contributed by atoms with Crippen LogP contribution in [-0.2, 0) is 0 Å². The zero-order valence-corrected chi connectivity index (χ0v) is 13.2. The normalized spacial score (nSPS) is 12.1. The molecule has 4 nitrogen and oxygen atoms in total. The summed E-state index contributed by atoms with van der Waals surface area (Å²) in [5.41, 5.74) is 0.848. The van der Waals surface area contributed by atoms with Gasteiger partial charge in [-0.25, -0.2) is 0 Å². The first kappa shape index (κ1) is 15.8. The van der Waals surface area contributed by atoms with Gasteiger partial charge < -0.3 is 9.47 Å².